The number of hydrogen-bond donors (Lipinski definition) is 1. The minimum Gasteiger partial charge on any atom is -0.375 e. The number of aliphatic hydroxyl groups is 1. The molecule has 3 rings (SSSR count). The van der Waals surface area contributed by atoms with Gasteiger partial charge in [0.15, 0.2) is 11.4 Å². The molecule has 112 valence electrons. The van der Waals surface area contributed by atoms with Crippen LogP contribution in [-0.2, 0) is 10.4 Å². The highest BCUT2D eigenvalue weighted by molar-refractivity contribution is 6.11. The van der Waals surface area contributed by atoms with Crippen molar-refractivity contribution < 1.29 is 14.7 Å². The van der Waals surface area contributed by atoms with Crippen LogP contribution in [0.4, 0.5) is 5.69 Å². The van der Waals surface area contributed by atoms with Gasteiger partial charge in [-0.05, 0) is 6.07 Å². The molecule has 22 heavy (non-hydrogen) atoms. The van der Waals surface area contributed by atoms with Crippen LogP contribution in [0.5, 0.6) is 0 Å². The largest absolute Gasteiger partial charge is 0.375 e. The van der Waals surface area contributed by atoms with Gasteiger partial charge in [0.1, 0.15) is 0 Å². The summed E-state index contributed by atoms with van der Waals surface area (Å²) in [6, 6.07) is 15.8. The van der Waals surface area contributed by atoms with E-state index in [4.69, 9.17) is 0 Å². The first-order chi connectivity index (χ1) is 10.5. The Morgan fingerprint density at radius 3 is 2.36 bits per heavy atom. The number of Topliss-reactive ketones (excluding diaryl/α,β-unsaturated/α-hetero) is 1. The molecular weight excluding hydrogens is 278 g/mol. The van der Waals surface area contributed by atoms with Gasteiger partial charge in [-0.3, -0.25) is 9.59 Å². The molecule has 1 aliphatic heterocycles. The van der Waals surface area contributed by atoms with Crippen LogP contribution in [0.25, 0.3) is 0 Å². The number of para-hydroxylation sites is 1. The van der Waals surface area contributed by atoms with Crippen molar-refractivity contribution in [3.8, 4) is 0 Å². The van der Waals surface area contributed by atoms with Crippen LogP contribution in [-0.4, -0.2) is 23.8 Å². The smallest absolute Gasteiger partial charge is 0.264 e. The van der Waals surface area contributed by atoms with Crippen molar-refractivity contribution in [2.45, 2.75) is 12.5 Å². The molecule has 1 N–H and O–H groups in total. The van der Waals surface area contributed by atoms with Gasteiger partial charge in [-0.25, -0.2) is 0 Å². The molecule has 0 aromatic heterocycles. The average molecular weight is 295 g/mol. The van der Waals surface area contributed by atoms with Gasteiger partial charge in [0, 0.05) is 18.2 Å². The Kier molecular flexibility index (Phi) is 3.34. The lowest BCUT2D eigenvalue weighted by Crippen LogP contribution is -2.46. The molecule has 4 nitrogen and oxygen atoms in total. The molecule has 0 aliphatic carbocycles. The van der Waals surface area contributed by atoms with Gasteiger partial charge in [-0.1, -0.05) is 55.5 Å². The molecule has 1 heterocycles. The van der Waals surface area contributed by atoms with Gasteiger partial charge in [-0.2, -0.15) is 0 Å². The van der Waals surface area contributed by atoms with E-state index in [2.05, 4.69) is 0 Å². The van der Waals surface area contributed by atoms with E-state index in [1.807, 2.05) is 6.07 Å². The number of carbonyl (C=O) groups is 2. The minimum atomic E-state index is -1.82. The summed E-state index contributed by atoms with van der Waals surface area (Å²) in [7, 11) is 1.61. The number of ketones is 1. The number of benzene rings is 2. The molecule has 0 radical (unpaired) electrons. The summed E-state index contributed by atoms with van der Waals surface area (Å²) in [6.07, 6.45) is 0. The molecule has 0 saturated heterocycles. The highest BCUT2D eigenvalue weighted by atomic mass is 16.3. The van der Waals surface area contributed by atoms with E-state index in [-0.39, 0.29) is 5.78 Å². The molecule has 4 heteroatoms. The highest BCUT2D eigenvalue weighted by Gasteiger charge is 2.54. The first-order valence-corrected chi connectivity index (χ1v) is 7.17. The number of rotatable bonds is 3. The second kappa shape index (κ2) is 5.07. The summed E-state index contributed by atoms with van der Waals surface area (Å²) >= 11 is 0. The Morgan fingerprint density at radius 1 is 1.09 bits per heavy atom. The topological polar surface area (TPSA) is 57.6 Å². The van der Waals surface area contributed by atoms with Crippen molar-refractivity contribution in [2.24, 2.45) is 5.92 Å². The van der Waals surface area contributed by atoms with E-state index in [9.17, 15) is 14.7 Å². The molecule has 0 unspecified atom stereocenters. The Bertz CT molecular complexity index is 741. The summed E-state index contributed by atoms with van der Waals surface area (Å²) in [5.41, 5.74) is -0.205. The third-order valence-corrected chi connectivity index (χ3v) is 4.38. The number of hydrogen-bond acceptors (Lipinski definition) is 3. The van der Waals surface area contributed by atoms with Gasteiger partial charge < -0.3 is 10.0 Å². The Morgan fingerprint density at radius 2 is 1.68 bits per heavy atom. The summed E-state index contributed by atoms with van der Waals surface area (Å²) in [4.78, 5) is 26.7. The Labute approximate surface area is 129 Å². The van der Waals surface area contributed by atoms with Gasteiger partial charge >= 0.3 is 0 Å². The summed E-state index contributed by atoms with van der Waals surface area (Å²) in [6.45, 7) is 1.60. The van der Waals surface area contributed by atoms with E-state index in [1.165, 1.54) is 4.90 Å². The van der Waals surface area contributed by atoms with Crippen molar-refractivity contribution >= 4 is 17.4 Å². The zero-order chi connectivity index (χ0) is 15.9. The molecule has 1 amide bonds. The third kappa shape index (κ3) is 1.88. The normalized spacial score (nSPS) is 21.6. The van der Waals surface area contributed by atoms with Crippen molar-refractivity contribution in [3.63, 3.8) is 0 Å². The number of amides is 1. The monoisotopic (exact) mass is 295 g/mol. The molecule has 0 fully saturated rings. The van der Waals surface area contributed by atoms with E-state index in [0.717, 1.165) is 0 Å². The van der Waals surface area contributed by atoms with E-state index in [0.29, 0.717) is 16.8 Å². The number of nitrogens with zero attached hydrogens (tertiary/aromatic N) is 1. The van der Waals surface area contributed by atoms with Gasteiger partial charge in [0.2, 0.25) is 0 Å². The van der Waals surface area contributed by atoms with Crippen LogP contribution in [0.2, 0.25) is 0 Å². The number of likely N-dealkylation sites (N-methyl/N-ethyl adjacent to an activating group) is 1. The van der Waals surface area contributed by atoms with Crippen molar-refractivity contribution in [3.05, 3.63) is 65.7 Å². The van der Waals surface area contributed by atoms with Crippen LogP contribution in [0.1, 0.15) is 22.8 Å². The SMILES string of the molecule is C[C@H](C(=O)c1ccccc1)[C@]1(O)C(=O)N(C)c2ccccc21. The fourth-order valence-corrected chi connectivity index (χ4v) is 3.03. The average Bonchev–Trinajstić information content (AvgIpc) is 2.77. The van der Waals surface area contributed by atoms with Gasteiger partial charge in [0.25, 0.3) is 5.91 Å². The Balaban J connectivity index is 2.07. The maximum Gasteiger partial charge on any atom is 0.264 e. The minimum absolute atomic E-state index is 0.249. The summed E-state index contributed by atoms with van der Waals surface area (Å²) in [5.74, 6) is -1.58. The number of anilines is 1. The second-order valence-electron chi connectivity index (χ2n) is 5.60. The highest BCUT2D eigenvalue weighted by Crippen LogP contribution is 2.44. The second-order valence-corrected chi connectivity index (χ2v) is 5.60. The lowest BCUT2D eigenvalue weighted by Gasteiger charge is -2.28. The van der Waals surface area contributed by atoms with Crippen LogP contribution in [0.3, 0.4) is 0 Å². The maximum atomic E-state index is 12.7. The maximum absolute atomic E-state index is 12.7. The quantitative estimate of drug-likeness (QED) is 0.884. The van der Waals surface area contributed by atoms with Crippen molar-refractivity contribution in [2.75, 3.05) is 11.9 Å². The van der Waals surface area contributed by atoms with Crippen LogP contribution >= 0.6 is 0 Å². The fourth-order valence-electron chi connectivity index (χ4n) is 3.03. The predicted octanol–water partition coefficient (Wildman–Crippen LogP) is 2.37. The fraction of sp³-hybridized carbons (Fsp3) is 0.222. The summed E-state index contributed by atoms with van der Waals surface area (Å²) in [5, 5.41) is 11.1. The van der Waals surface area contributed by atoms with E-state index in [1.54, 1.807) is 62.5 Å². The third-order valence-electron chi connectivity index (χ3n) is 4.38. The molecule has 0 bridgehead atoms. The van der Waals surface area contributed by atoms with Crippen LogP contribution in [0.15, 0.2) is 54.6 Å². The van der Waals surface area contributed by atoms with E-state index >= 15 is 0 Å². The molecular formula is C18H17NO3. The van der Waals surface area contributed by atoms with Gasteiger partial charge in [0.05, 0.1) is 11.6 Å². The van der Waals surface area contributed by atoms with Gasteiger partial charge in [-0.15, -0.1) is 0 Å². The first kappa shape index (κ1) is 14.5. The molecule has 2 atom stereocenters. The van der Waals surface area contributed by atoms with E-state index < -0.39 is 17.4 Å². The molecule has 1 aliphatic rings. The van der Waals surface area contributed by atoms with Crippen LogP contribution in [0, 0.1) is 5.92 Å². The number of carbonyl (C=O) groups excluding carboxylic acids is 2. The van der Waals surface area contributed by atoms with Crippen LogP contribution < -0.4 is 4.90 Å². The van der Waals surface area contributed by atoms with Crippen molar-refractivity contribution in [1.29, 1.82) is 0 Å². The summed E-state index contributed by atoms with van der Waals surface area (Å²) < 4.78 is 0. The zero-order valence-corrected chi connectivity index (χ0v) is 12.5. The molecule has 2 aromatic carbocycles. The predicted molar refractivity (Wildman–Crippen MR) is 83.7 cm³/mol. The molecule has 0 saturated carbocycles. The first-order valence-electron chi connectivity index (χ1n) is 7.17. The lowest BCUT2D eigenvalue weighted by molar-refractivity contribution is -0.139. The molecule has 0 spiro atoms. The zero-order valence-electron chi connectivity index (χ0n) is 12.5. The standard InChI is InChI=1S/C18H17NO3/c1-12(16(20)13-8-4-3-5-9-13)18(22)14-10-6-7-11-15(14)19(2)17(18)21/h3-12,22H,1-2H3/t12-,18-/m1/s1. The molecule has 2 aromatic rings. The lowest BCUT2D eigenvalue weighted by atomic mass is 9.79. The Hall–Kier alpha value is -2.46. The van der Waals surface area contributed by atoms with Crippen molar-refractivity contribution in [1.82, 2.24) is 0 Å². The number of fused-ring (bicyclic) bond motifs is 1.